The molecular formula is C18H23N3O4. The first-order valence-corrected chi connectivity index (χ1v) is 8.59. The first-order valence-electron chi connectivity index (χ1n) is 8.59. The van der Waals surface area contributed by atoms with Crippen LogP contribution in [0.3, 0.4) is 0 Å². The first-order chi connectivity index (χ1) is 12.0. The molecular weight excluding hydrogens is 322 g/mol. The Balaban J connectivity index is 1.80. The normalized spacial score (nSPS) is 20.0. The molecule has 7 heteroatoms. The Morgan fingerprint density at radius 3 is 2.72 bits per heavy atom. The van der Waals surface area contributed by atoms with Crippen molar-refractivity contribution >= 4 is 17.8 Å². The van der Waals surface area contributed by atoms with Gasteiger partial charge < -0.3 is 14.5 Å². The third kappa shape index (κ3) is 3.50. The van der Waals surface area contributed by atoms with Crippen LogP contribution in [-0.2, 0) is 27.3 Å². The molecule has 0 saturated carbocycles. The molecule has 2 amide bonds. The summed E-state index contributed by atoms with van der Waals surface area (Å²) in [5.41, 5.74) is 2.48. The molecule has 3 rings (SSSR count). The van der Waals surface area contributed by atoms with Crippen LogP contribution in [0.2, 0.25) is 0 Å². The lowest BCUT2D eigenvalue weighted by Gasteiger charge is -2.33. The predicted octanol–water partition coefficient (Wildman–Crippen LogP) is 1.01. The summed E-state index contributed by atoms with van der Waals surface area (Å²) in [6.45, 7) is 3.67. The summed E-state index contributed by atoms with van der Waals surface area (Å²) in [5.74, 6) is -0.584. The van der Waals surface area contributed by atoms with Crippen molar-refractivity contribution in [2.45, 2.75) is 32.7 Å². The number of aromatic nitrogens is 1. The number of likely N-dealkylation sites (tertiary alicyclic amines) is 1. The average Bonchev–Trinajstić information content (AvgIpc) is 2.65. The van der Waals surface area contributed by atoms with Crippen molar-refractivity contribution < 1.29 is 19.1 Å². The number of hydrogen-bond donors (Lipinski definition) is 0. The number of ether oxygens (including phenoxy) is 1. The molecule has 1 fully saturated rings. The third-order valence-electron chi connectivity index (χ3n) is 5.06. The maximum atomic E-state index is 13.0. The van der Waals surface area contributed by atoms with Gasteiger partial charge in [-0.1, -0.05) is 0 Å². The summed E-state index contributed by atoms with van der Waals surface area (Å²) < 4.78 is 4.82. The number of amides is 2. The molecule has 0 N–H and O–H groups in total. The lowest BCUT2D eigenvalue weighted by molar-refractivity contribution is -0.146. The molecule has 1 unspecified atom stereocenters. The van der Waals surface area contributed by atoms with E-state index in [0.717, 1.165) is 24.0 Å². The number of carbonyl (C=O) groups is 3. The summed E-state index contributed by atoms with van der Waals surface area (Å²) in [5, 5.41) is 0. The van der Waals surface area contributed by atoms with E-state index in [9.17, 15) is 14.4 Å². The largest absolute Gasteiger partial charge is 0.469 e. The second-order valence-electron chi connectivity index (χ2n) is 6.63. The molecule has 0 aliphatic carbocycles. The van der Waals surface area contributed by atoms with Crippen molar-refractivity contribution in [3.63, 3.8) is 0 Å². The highest BCUT2D eigenvalue weighted by atomic mass is 16.5. The SMILES string of the molecule is COC(=O)C1CCCN(C(=O)c2cncc3c2CCN(C(C)=O)C3)C1. The van der Waals surface area contributed by atoms with E-state index in [2.05, 4.69) is 4.98 Å². The lowest BCUT2D eigenvalue weighted by atomic mass is 9.94. The predicted molar refractivity (Wildman–Crippen MR) is 89.7 cm³/mol. The second-order valence-corrected chi connectivity index (χ2v) is 6.63. The number of rotatable bonds is 2. The van der Waals surface area contributed by atoms with Crippen LogP contribution in [0.15, 0.2) is 12.4 Å². The monoisotopic (exact) mass is 345 g/mol. The van der Waals surface area contributed by atoms with Gasteiger partial charge in [0.05, 0.1) is 18.6 Å². The third-order valence-corrected chi connectivity index (χ3v) is 5.06. The van der Waals surface area contributed by atoms with Gasteiger partial charge in [0.25, 0.3) is 5.91 Å². The first kappa shape index (κ1) is 17.4. The number of fused-ring (bicyclic) bond motifs is 1. The number of esters is 1. The molecule has 3 heterocycles. The minimum atomic E-state index is -0.261. The number of hydrogen-bond acceptors (Lipinski definition) is 5. The summed E-state index contributed by atoms with van der Waals surface area (Å²) in [7, 11) is 1.38. The number of nitrogens with zero attached hydrogens (tertiary/aromatic N) is 3. The molecule has 134 valence electrons. The van der Waals surface area contributed by atoms with Crippen molar-refractivity contribution in [1.82, 2.24) is 14.8 Å². The van der Waals surface area contributed by atoms with Crippen LogP contribution in [0.4, 0.5) is 0 Å². The molecule has 1 aromatic rings. The minimum Gasteiger partial charge on any atom is -0.469 e. The molecule has 0 spiro atoms. The number of carbonyl (C=O) groups excluding carboxylic acids is 3. The minimum absolute atomic E-state index is 0.0272. The molecule has 1 saturated heterocycles. The molecule has 7 nitrogen and oxygen atoms in total. The Hall–Kier alpha value is -2.44. The Labute approximate surface area is 147 Å². The van der Waals surface area contributed by atoms with Crippen molar-refractivity contribution in [3.05, 3.63) is 29.1 Å². The second kappa shape index (κ2) is 7.21. The maximum Gasteiger partial charge on any atom is 0.310 e. The van der Waals surface area contributed by atoms with E-state index >= 15 is 0 Å². The quantitative estimate of drug-likeness (QED) is 0.748. The van der Waals surface area contributed by atoms with Gasteiger partial charge in [0.15, 0.2) is 0 Å². The van der Waals surface area contributed by atoms with E-state index in [1.54, 1.807) is 29.1 Å². The fourth-order valence-corrected chi connectivity index (χ4v) is 3.64. The molecule has 1 atom stereocenters. The smallest absolute Gasteiger partial charge is 0.310 e. The van der Waals surface area contributed by atoms with Gasteiger partial charge in [-0.25, -0.2) is 0 Å². The zero-order valence-corrected chi connectivity index (χ0v) is 14.7. The van der Waals surface area contributed by atoms with E-state index in [1.807, 2.05) is 0 Å². The van der Waals surface area contributed by atoms with Gasteiger partial charge in [-0.05, 0) is 30.4 Å². The summed E-state index contributed by atoms with van der Waals surface area (Å²) >= 11 is 0. The molecule has 25 heavy (non-hydrogen) atoms. The molecule has 1 aromatic heterocycles. The summed E-state index contributed by atoms with van der Waals surface area (Å²) in [6.07, 6.45) is 5.51. The van der Waals surface area contributed by atoms with Crippen molar-refractivity contribution in [2.75, 3.05) is 26.7 Å². The maximum absolute atomic E-state index is 13.0. The Morgan fingerprint density at radius 2 is 2.00 bits per heavy atom. The molecule has 0 bridgehead atoms. The van der Waals surface area contributed by atoms with Crippen LogP contribution in [0.25, 0.3) is 0 Å². The van der Waals surface area contributed by atoms with E-state index in [-0.39, 0.29) is 23.7 Å². The van der Waals surface area contributed by atoms with Gasteiger partial charge in [0.1, 0.15) is 0 Å². The highest BCUT2D eigenvalue weighted by Gasteiger charge is 2.31. The summed E-state index contributed by atoms with van der Waals surface area (Å²) in [6, 6.07) is 0. The van der Waals surface area contributed by atoms with Gasteiger partial charge >= 0.3 is 5.97 Å². The van der Waals surface area contributed by atoms with Crippen molar-refractivity contribution in [3.8, 4) is 0 Å². The van der Waals surface area contributed by atoms with Crippen LogP contribution < -0.4 is 0 Å². The van der Waals surface area contributed by atoms with Crippen LogP contribution in [0.5, 0.6) is 0 Å². The summed E-state index contributed by atoms with van der Waals surface area (Å²) in [4.78, 5) is 44.1. The number of pyridine rings is 1. The zero-order valence-electron chi connectivity index (χ0n) is 14.7. The number of methoxy groups -OCH3 is 1. The Morgan fingerprint density at radius 1 is 1.20 bits per heavy atom. The van der Waals surface area contributed by atoms with Crippen LogP contribution in [-0.4, -0.2) is 59.3 Å². The highest BCUT2D eigenvalue weighted by Crippen LogP contribution is 2.25. The van der Waals surface area contributed by atoms with Crippen molar-refractivity contribution in [2.24, 2.45) is 5.92 Å². The molecule has 2 aliphatic heterocycles. The molecule has 2 aliphatic rings. The van der Waals surface area contributed by atoms with E-state index in [0.29, 0.717) is 38.2 Å². The molecule has 0 aromatic carbocycles. The zero-order chi connectivity index (χ0) is 18.0. The van der Waals surface area contributed by atoms with E-state index in [1.165, 1.54) is 7.11 Å². The van der Waals surface area contributed by atoms with Crippen LogP contribution in [0, 0.1) is 5.92 Å². The van der Waals surface area contributed by atoms with Crippen LogP contribution in [0.1, 0.15) is 41.3 Å². The average molecular weight is 345 g/mol. The van der Waals surface area contributed by atoms with Gasteiger partial charge in [-0.2, -0.15) is 0 Å². The van der Waals surface area contributed by atoms with E-state index < -0.39 is 0 Å². The standard InChI is InChI=1S/C18H23N3O4/c1-12(22)20-7-5-15-14(11-20)8-19-9-16(15)17(23)21-6-3-4-13(10-21)18(24)25-2/h8-9,13H,3-7,10-11H2,1-2H3. The van der Waals surface area contributed by atoms with E-state index in [4.69, 9.17) is 4.74 Å². The number of piperidine rings is 1. The van der Waals surface area contributed by atoms with Gasteiger partial charge in [0, 0.05) is 45.5 Å². The van der Waals surface area contributed by atoms with Gasteiger partial charge in [0.2, 0.25) is 5.91 Å². The van der Waals surface area contributed by atoms with Gasteiger partial charge in [-0.15, -0.1) is 0 Å². The fraction of sp³-hybridized carbons (Fsp3) is 0.556. The fourth-order valence-electron chi connectivity index (χ4n) is 3.64. The van der Waals surface area contributed by atoms with Crippen LogP contribution >= 0.6 is 0 Å². The highest BCUT2D eigenvalue weighted by molar-refractivity contribution is 5.96. The topological polar surface area (TPSA) is 79.8 Å². The Kier molecular flexibility index (Phi) is 5.01. The Bertz CT molecular complexity index is 704. The lowest BCUT2D eigenvalue weighted by Crippen LogP contribution is -2.43. The van der Waals surface area contributed by atoms with Gasteiger partial charge in [-0.3, -0.25) is 19.4 Å². The molecule has 0 radical (unpaired) electrons. The van der Waals surface area contributed by atoms with Crippen molar-refractivity contribution in [1.29, 1.82) is 0 Å².